The zero-order valence-electron chi connectivity index (χ0n) is 7.04. The number of rotatable bonds is 3. The Morgan fingerprint density at radius 3 is 2.29 bits per heavy atom. The summed E-state index contributed by atoms with van der Waals surface area (Å²) in [4.78, 5) is 11.0. The Labute approximate surface area is 79.8 Å². The minimum Gasteiger partial charge on any atom is -0.457 e. The lowest BCUT2D eigenvalue weighted by atomic mass is 10.2. The van der Waals surface area contributed by atoms with Crippen molar-refractivity contribution >= 4 is 15.0 Å². The molecule has 1 aromatic carbocycles. The fourth-order valence-corrected chi connectivity index (χ4v) is 1.10. The lowest BCUT2D eigenvalue weighted by Crippen LogP contribution is -2.26. The van der Waals surface area contributed by atoms with Gasteiger partial charge in [0.05, 0.1) is 5.56 Å². The maximum atomic E-state index is 11.8. The molecule has 0 unspecified atom stereocenters. The Kier molecular flexibility index (Phi) is 3.29. The number of carbonyl (C=O) groups is 1. The molecule has 0 aliphatic rings. The molecule has 0 aliphatic heterocycles. The maximum Gasteiger partial charge on any atom is 0.656 e. The molecule has 1 rings (SSSR count). The van der Waals surface area contributed by atoms with E-state index in [2.05, 4.69) is 4.74 Å². The first-order valence-electron chi connectivity index (χ1n) is 3.78. The van der Waals surface area contributed by atoms with Crippen molar-refractivity contribution in [1.82, 2.24) is 0 Å². The Morgan fingerprint density at radius 1 is 1.21 bits per heavy atom. The van der Waals surface area contributed by atoms with Crippen molar-refractivity contribution in [3.05, 3.63) is 35.9 Å². The summed E-state index contributed by atoms with van der Waals surface area (Å²) in [7, 11) is -5.80. The van der Waals surface area contributed by atoms with Gasteiger partial charge < -0.3 is 4.74 Å². The monoisotopic (exact) mass is 220 g/mol. The largest absolute Gasteiger partial charge is 0.656 e. The van der Waals surface area contributed by atoms with E-state index in [1.54, 1.807) is 18.2 Å². The third-order valence-corrected chi connectivity index (χ3v) is 1.85. The van der Waals surface area contributed by atoms with Crippen LogP contribution in [0, 0.1) is 0 Å². The summed E-state index contributed by atoms with van der Waals surface area (Å²) in [6, 6.07) is 7.58. The summed E-state index contributed by atoms with van der Waals surface area (Å²) < 4.78 is 39.5. The molecule has 0 fully saturated rings. The lowest BCUT2D eigenvalue weighted by Gasteiger charge is -2.04. The van der Waals surface area contributed by atoms with Crippen molar-refractivity contribution in [2.24, 2.45) is 0 Å². The molecule has 0 spiro atoms. The van der Waals surface area contributed by atoms with Gasteiger partial charge in [0.1, 0.15) is 0 Å². The van der Waals surface area contributed by atoms with Crippen LogP contribution in [0.3, 0.4) is 0 Å². The van der Waals surface area contributed by atoms with Crippen molar-refractivity contribution in [1.29, 1.82) is 0 Å². The third kappa shape index (κ3) is 3.61. The minimum atomic E-state index is -5.80. The Morgan fingerprint density at radius 2 is 1.79 bits per heavy atom. The van der Waals surface area contributed by atoms with E-state index in [4.69, 9.17) is 0 Å². The lowest BCUT2D eigenvalue weighted by molar-refractivity contribution is 0.0537. The van der Waals surface area contributed by atoms with Gasteiger partial charge in [-0.05, 0) is 12.1 Å². The van der Waals surface area contributed by atoms with Gasteiger partial charge >= 0.3 is 15.0 Å². The van der Waals surface area contributed by atoms with Crippen LogP contribution in [0.1, 0.15) is 10.4 Å². The fraction of sp³-hybridized carbons (Fsp3) is 0.125. The number of ether oxygens (including phenoxy) is 1. The predicted octanol–water partition coefficient (Wildman–Crippen LogP) is 2.23. The Balaban J connectivity index is 2.52. The molecule has 0 aromatic heterocycles. The highest BCUT2D eigenvalue weighted by Gasteiger charge is 2.39. The molecule has 14 heavy (non-hydrogen) atoms. The molecule has 0 amide bonds. The summed E-state index contributed by atoms with van der Waals surface area (Å²) in [6.07, 6.45) is -1.42. The van der Waals surface area contributed by atoms with Crippen LogP contribution >= 0.6 is 0 Å². The normalized spacial score (nSPS) is 11.1. The Bertz CT molecular complexity index is 310. The van der Waals surface area contributed by atoms with E-state index in [1.807, 2.05) is 0 Å². The zero-order chi connectivity index (χ0) is 10.6. The number of hydrogen-bond donors (Lipinski definition) is 0. The molecule has 0 heterocycles. The van der Waals surface area contributed by atoms with Crippen molar-refractivity contribution in [3.8, 4) is 0 Å². The molecule has 76 valence electrons. The van der Waals surface area contributed by atoms with Gasteiger partial charge in [-0.1, -0.05) is 18.2 Å². The van der Waals surface area contributed by atoms with E-state index in [0.29, 0.717) is 0 Å². The molecule has 2 nitrogen and oxygen atoms in total. The molecule has 6 heteroatoms. The van der Waals surface area contributed by atoms with E-state index in [1.165, 1.54) is 12.1 Å². The number of hydrogen-bond acceptors (Lipinski definition) is 2. The van der Waals surface area contributed by atoms with Crippen LogP contribution in [0.15, 0.2) is 30.3 Å². The molecule has 0 saturated carbocycles. The number of carbonyl (C=O) groups excluding carboxylic acids is 1. The summed E-state index contributed by atoms with van der Waals surface area (Å²) in [5.41, 5.74) is 0.130. The summed E-state index contributed by atoms with van der Waals surface area (Å²) in [6.45, 7) is 0. The van der Waals surface area contributed by atoms with Gasteiger partial charge in [-0.15, -0.1) is 0 Å². The van der Waals surface area contributed by atoms with Gasteiger partial charge in [0.15, 0.2) is 6.23 Å². The predicted molar refractivity (Wildman–Crippen MR) is 45.8 cm³/mol. The third-order valence-electron chi connectivity index (χ3n) is 1.38. The second kappa shape index (κ2) is 4.27. The van der Waals surface area contributed by atoms with Crippen LogP contribution in [0.5, 0.6) is 0 Å². The number of esters is 1. The minimum absolute atomic E-state index is 0.130. The highest BCUT2D eigenvalue weighted by Crippen LogP contribution is 2.10. The van der Waals surface area contributed by atoms with Gasteiger partial charge in [0.25, 0.3) is 0 Å². The zero-order valence-corrected chi connectivity index (χ0v) is 8.04. The number of halogens is 3. The van der Waals surface area contributed by atoms with Crippen LogP contribution in [-0.2, 0) is 4.74 Å². The summed E-state index contributed by atoms with van der Waals surface area (Å²) >= 11 is 0. The van der Waals surface area contributed by atoms with E-state index in [9.17, 15) is 17.1 Å². The van der Waals surface area contributed by atoms with Gasteiger partial charge in [0, 0.05) is 0 Å². The quantitative estimate of drug-likeness (QED) is 0.443. The van der Waals surface area contributed by atoms with Gasteiger partial charge in [-0.3, -0.25) is 0 Å². The van der Waals surface area contributed by atoms with Gasteiger partial charge in [-0.2, -0.15) is 0 Å². The second-order valence-corrected chi connectivity index (χ2v) is 4.08. The van der Waals surface area contributed by atoms with E-state index in [-0.39, 0.29) is 5.56 Å². The van der Waals surface area contributed by atoms with E-state index in [0.717, 1.165) is 0 Å². The molecule has 0 N–H and O–H groups in total. The van der Waals surface area contributed by atoms with Gasteiger partial charge in [0.2, 0.25) is 0 Å². The van der Waals surface area contributed by atoms with Crippen molar-refractivity contribution in [2.45, 2.75) is 0 Å². The highest BCUT2D eigenvalue weighted by atomic mass is 28.5. The van der Waals surface area contributed by atoms with Crippen molar-refractivity contribution in [3.63, 3.8) is 0 Å². The van der Waals surface area contributed by atoms with Crippen molar-refractivity contribution in [2.75, 3.05) is 6.23 Å². The van der Waals surface area contributed by atoms with Gasteiger partial charge in [-0.25, -0.2) is 17.1 Å². The summed E-state index contributed by atoms with van der Waals surface area (Å²) in [5.74, 6) is -0.935. The van der Waals surface area contributed by atoms with E-state index >= 15 is 0 Å². The summed E-state index contributed by atoms with van der Waals surface area (Å²) in [5, 5.41) is 0. The first-order chi connectivity index (χ1) is 6.49. The van der Waals surface area contributed by atoms with Crippen LogP contribution in [0.2, 0.25) is 0 Å². The molecule has 0 aliphatic carbocycles. The topological polar surface area (TPSA) is 26.3 Å². The molecule has 0 atom stereocenters. The average molecular weight is 220 g/mol. The smallest absolute Gasteiger partial charge is 0.457 e. The molecular formula is C8H7F3O2Si. The maximum absolute atomic E-state index is 11.8. The molecule has 0 bridgehead atoms. The fourth-order valence-electron chi connectivity index (χ4n) is 0.805. The van der Waals surface area contributed by atoms with Crippen LogP contribution in [-0.4, -0.2) is 21.3 Å². The second-order valence-electron chi connectivity index (χ2n) is 2.56. The first kappa shape index (κ1) is 10.8. The Hall–Kier alpha value is -1.30. The van der Waals surface area contributed by atoms with Crippen molar-refractivity contribution < 1.29 is 21.9 Å². The highest BCUT2D eigenvalue weighted by molar-refractivity contribution is 6.58. The average Bonchev–Trinajstić information content (AvgIpc) is 2.14. The molecule has 0 saturated heterocycles. The van der Waals surface area contributed by atoms with Crippen LogP contribution in [0.25, 0.3) is 0 Å². The number of benzene rings is 1. The van der Waals surface area contributed by atoms with Crippen LogP contribution in [0.4, 0.5) is 12.3 Å². The van der Waals surface area contributed by atoms with Crippen LogP contribution < -0.4 is 0 Å². The SMILES string of the molecule is O=C(OC[Si](F)(F)F)c1ccccc1. The molecule has 1 aromatic rings. The van der Waals surface area contributed by atoms with E-state index < -0.39 is 21.3 Å². The molecule has 0 radical (unpaired) electrons. The standard InChI is InChI=1S/C8H7F3O2Si/c9-14(10,11)6-13-8(12)7-4-2-1-3-5-7/h1-5H,6H2. The first-order valence-corrected chi connectivity index (χ1v) is 5.62. The molecular weight excluding hydrogens is 213 g/mol.